The highest BCUT2D eigenvalue weighted by atomic mass is 79.9. The largest absolute Gasteiger partial charge is 0.404 e. The molecule has 2 aromatic heterocycles. The third-order valence-electron chi connectivity index (χ3n) is 1.65. The molecule has 0 radical (unpaired) electrons. The quantitative estimate of drug-likeness (QED) is 0.669. The summed E-state index contributed by atoms with van der Waals surface area (Å²) >= 11 is 4.27. The average molecular weight is 305 g/mol. The van der Waals surface area contributed by atoms with Gasteiger partial charge in [0.1, 0.15) is 16.0 Å². The van der Waals surface area contributed by atoms with Crippen molar-refractivity contribution in [3.63, 3.8) is 0 Å². The van der Waals surface area contributed by atoms with Crippen molar-refractivity contribution < 1.29 is 4.92 Å². The number of halogens is 1. The van der Waals surface area contributed by atoms with Crippen LogP contribution in [0.3, 0.4) is 0 Å². The molecule has 2 heterocycles. The molecule has 0 unspecified atom stereocenters. The average Bonchev–Trinajstić information content (AvgIpc) is 2.73. The Morgan fingerprint density at radius 2 is 2.38 bits per heavy atom. The maximum absolute atomic E-state index is 10.5. The van der Waals surface area contributed by atoms with E-state index in [0.29, 0.717) is 21.2 Å². The van der Waals surface area contributed by atoms with Crippen LogP contribution < -0.4 is 5.73 Å². The molecular weight excluding hydrogens is 300 g/mol. The van der Waals surface area contributed by atoms with E-state index in [4.69, 9.17) is 5.73 Å². The van der Waals surface area contributed by atoms with E-state index in [2.05, 4.69) is 31.2 Å². The number of hydrogen-bond acceptors (Lipinski definition) is 7. The fourth-order valence-corrected chi connectivity index (χ4v) is 2.12. The van der Waals surface area contributed by atoms with Gasteiger partial charge >= 0.3 is 5.82 Å². The molecule has 0 bridgehead atoms. The first-order valence-corrected chi connectivity index (χ1v) is 5.62. The van der Waals surface area contributed by atoms with Gasteiger partial charge in [-0.1, -0.05) is 11.3 Å². The minimum Gasteiger partial charge on any atom is -0.374 e. The molecule has 8 nitrogen and oxygen atoms in total. The van der Waals surface area contributed by atoms with Crippen LogP contribution >= 0.6 is 27.3 Å². The number of hydrogen-bond donors (Lipinski definition) is 1. The van der Waals surface area contributed by atoms with Crippen molar-refractivity contribution in [1.29, 1.82) is 0 Å². The van der Waals surface area contributed by atoms with Gasteiger partial charge in [-0.05, 0) is 20.9 Å². The summed E-state index contributed by atoms with van der Waals surface area (Å²) in [5, 5.41) is 22.8. The van der Waals surface area contributed by atoms with Gasteiger partial charge in [-0.15, -0.1) is 10.2 Å². The summed E-state index contributed by atoms with van der Waals surface area (Å²) in [6, 6.07) is 0. The van der Waals surface area contributed by atoms with E-state index in [1.807, 2.05) is 0 Å². The van der Waals surface area contributed by atoms with Crippen LogP contribution in [0, 0.1) is 10.1 Å². The van der Waals surface area contributed by atoms with Crippen LogP contribution in [0.5, 0.6) is 0 Å². The zero-order chi connectivity index (χ0) is 11.7. The lowest BCUT2D eigenvalue weighted by molar-refractivity contribution is -0.390. The van der Waals surface area contributed by atoms with Crippen molar-refractivity contribution in [2.45, 2.75) is 6.54 Å². The molecule has 2 aromatic rings. The molecule has 10 heteroatoms. The molecule has 0 aromatic carbocycles. The smallest absolute Gasteiger partial charge is 0.374 e. The van der Waals surface area contributed by atoms with Crippen molar-refractivity contribution in [1.82, 2.24) is 20.0 Å². The van der Waals surface area contributed by atoms with Gasteiger partial charge in [0.05, 0.1) is 11.3 Å². The number of nitro groups is 1. The summed E-state index contributed by atoms with van der Waals surface area (Å²) in [6.45, 7) is 0.307. The zero-order valence-corrected chi connectivity index (χ0v) is 10.1. The first kappa shape index (κ1) is 11.0. The molecule has 0 saturated carbocycles. The summed E-state index contributed by atoms with van der Waals surface area (Å²) in [5.74, 6) is -0.225. The van der Waals surface area contributed by atoms with E-state index in [1.54, 1.807) is 0 Å². The van der Waals surface area contributed by atoms with Crippen LogP contribution in [0.1, 0.15) is 5.01 Å². The summed E-state index contributed by atoms with van der Waals surface area (Å²) in [6.07, 6.45) is 1.51. The summed E-state index contributed by atoms with van der Waals surface area (Å²) in [5.41, 5.74) is 5.41. The Balaban J connectivity index is 2.22. The molecule has 0 aliphatic heterocycles. The normalized spacial score (nSPS) is 10.6. The summed E-state index contributed by atoms with van der Waals surface area (Å²) < 4.78 is 1.73. The van der Waals surface area contributed by atoms with Crippen molar-refractivity contribution in [2.75, 3.05) is 5.73 Å². The Hall–Kier alpha value is -1.55. The zero-order valence-electron chi connectivity index (χ0n) is 7.70. The minimum atomic E-state index is -0.560. The third-order valence-corrected chi connectivity index (χ3v) is 2.95. The first-order chi connectivity index (χ1) is 7.56. The lowest BCUT2D eigenvalue weighted by Crippen LogP contribution is -2.00. The molecule has 16 heavy (non-hydrogen) atoms. The van der Waals surface area contributed by atoms with E-state index in [-0.39, 0.29) is 5.82 Å². The number of anilines is 1. The molecular formula is C6H5BrN6O2S. The second-order valence-corrected chi connectivity index (χ2v) is 4.74. The highest BCUT2D eigenvalue weighted by Gasteiger charge is 2.19. The van der Waals surface area contributed by atoms with Crippen LogP contribution in [0.15, 0.2) is 10.7 Å². The van der Waals surface area contributed by atoms with Crippen LogP contribution in [0.2, 0.25) is 0 Å². The van der Waals surface area contributed by atoms with Crippen LogP contribution in [-0.2, 0) is 6.54 Å². The van der Waals surface area contributed by atoms with Crippen molar-refractivity contribution in [2.24, 2.45) is 0 Å². The van der Waals surface area contributed by atoms with Crippen LogP contribution in [0.4, 0.5) is 10.9 Å². The predicted molar refractivity (Wildman–Crippen MR) is 60.0 cm³/mol. The maximum Gasteiger partial charge on any atom is 0.404 e. The highest BCUT2D eigenvalue weighted by molar-refractivity contribution is 9.10. The fraction of sp³-hybridized carbons (Fsp3) is 0.167. The molecule has 0 aliphatic carbocycles. The second kappa shape index (κ2) is 4.14. The number of nitrogens with zero attached hydrogens (tertiary/aromatic N) is 5. The first-order valence-electron chi connectivity index (χ1n) is 4.01. The van der Waals surface area contributed by atoms with E-state index < -0.39 is 4.92 Å². The minimum absolute atomic E-state index is 0.225. The molecule has 0 saturated heterocycles. The molecule has 0 amide bonds. The second-order valence-electron chi connectivity index (χ2n) is 2.79. The van der Waals surface area contributed by atoms with Crippen molar-refractivity contribution in [3.05, 3.63) is 25.8 Å². The molecule has 0 atom stereocenters. The standard InChI is InChI=1S/C6H5BrN6O2S/c7-3-1-12(11-5(3)13(14)15)2-4-9-10-6(8)16-4/h1H,2H2,(H2,8,10). The Morgan fingerprint density at radius 1 is 1.62 bits per heavy atom. The number of aromatic nitrogens is 4. The number of nitrogen functional groups attached to an aromatic ring is 1. The van der Waals surface area contributed by atoms with Gasteiger partial charge in [0.25, 0.3) is 0 Å². The highest BCUT2D eigenvalue weighted by Crippen LogP contribution is 2.23. The lowest BCUT2D eigenvalue weighted by atomic mass is 10.6. The van der Waals surface area contributed by atoms with Gasteiger partial charge in [-0.25, -0.2) is 0 Å². The summed E-state index contributed by atoms with van der Waals surface area (Å²) in [4.78, 5) is 9.99. The Morgan fingerprint density at radius 3 is 2.88 bits per heavy atom. The molecule has 2 rings (SSSR count). The van der Waals surface area contributed by atoms with Gasteiger partial charge in [0.2, 0.25) is 5.13 Å². The van der Waals surface area contributed by atoms with Gasteiger partial charge < -0.3 is 15.8 Å². The van der Waals surface area contributed by atoms with Gasteiger partial charge in [0, 0.05) is 0 Å². The SMILES string of the molecule is Nc1nnc(Cn2cc(Br)c([N+](=O)[O-])n2)s1. The topological polar surface area (TPSA) is 113 Å². The molecule has 0 fully saturated rings. The van der Waals surface area contributed by atoms with Crippen LogP contribution in [-0.4, -0.2) is 24.9 Å². The Kier molecular flexibility index (Phi) is 2.83. The van der Waals surface area contributed by atoms with Crippen molar-refractivity contribution in [3.8, 4) is 0 Å². The van der Waals surface area contributed by atoms with E-state index in [9.17, 15) is 10.1 Å². The van der Waals surface area contributed by atoms with E-state index >= 15 is 0 Å². The van der Waals surface area contributed by atoms with Gasteiger partial charge in [-0.3, -0.25) is 0 Å². The number of nitrogens with two attached hydrogens (primary N) is 1. The molecule has 84 valence electrons. The Labute approximate surface area is 101 Å². The lowest BCUT2D eigenvalue weighted by Gasteiger charge is -1.89. The summed E-state index contributed by atoms with van der Waals surface area (Å²) in [7, 11) is 0. The van der Waals surface area contributed by atoms with Gasteiger partial charge in [-0.2, -0.15) is 4.68 Å². The predicted octanol–water partition coefficient (Wildman–Crippen LogP) is 1.04. The monoisotopic (exact) mass is 304 g/mol. The van der Waals surface area contributed by atoms with Gasteiger partial charge in [0.15, 0.2) is 0 Å². The molecule has 0 spiro atoms. The fourth-order valence-electron chi connectivity index (χ4n) is 1.06. The van der Waals surface area contributed by atoms with Crippen molar-refractivity contribution >= 4 is 38.2 Å². The van der Waals surface area contributed by atoms with E-state index in [0.717, 1.165) is 0 Å². The molecule has 2 N–H and O–H groups in total. The maximum atomic E-state index is 10.5. The van der Waals surface area contributed by atoms with Crippen LogP contribution in [0.25, 0.3) is 0 Å². The Bertz CT molecular complexity index is 537. The van der Waals surface area contributed by atoms with E-state index in [1.165, 1.54) is 22.2 Å². The molecule has 0 aliphatic rings. The number of rotatable bonds is 3. The third kappa shape index (κ3) is 2.17.